The van der Waals surface area contributed by atoms with Crippen molar-refractivity contribution in [1.82, 2.24) is 0 Å². The van der Waals surface area contributed by atoms with Crippen molar-refractivity contribution in [3.63, 3.8) is 0 Å². The maximum absolute atomic E-state index is 13.2. The zero-order chi connectivity index (χ0) is 17.3. The molecule has 0 aliphatic rings. The number of halogens is 6. The van der Waals surface area contributed by atoms with Gasteiger partial charge in [-0.15, -0.1) is 0 Å². The highest BCUT2D eigenvalue weighted by Gasteiger charge is 2.41. The summed E-state index contributed by atoms with van der Waals surface area (Å²) in [5.41, 5.74) is 2.54. The summed E-state index contributed by atoms with van der Waals surface area (Å²) in [7, 11) is 1.02. The summed E-state index contributed by atoms with van der Waals surface area (Å²) in [4.78, 5) is 0. The van der Waals surface area contributed by atoms with Gasteiger partial charge in [0.25, 0.3) is 0 Å². The van der Waals surface area contributed by atoms with E-state index in [2.05, 4.69) is 0 Å². The molecular weight excluding hydrogens is 312 g/mol. The molecule has 22 heavy (non-hydrogen) atoms. The Kier molecular flexibility index (Phi) is 5.38. The lowest BCUT2D eigenvalue weighted by Crippen LogP contribution is -2.24. The van der Waals surface area contributed by atoms with Gasteiger partial charge in [0, 0.05) is 11.6 Å². The molecule has 0 bridgehead atoms. The van der Waals surface area contributed by atoms with Gasteiger partial charge in [-0.1, -0.05) is 20.3 Å². The van der Waals surface area contributed by atoms with Crippen molar-refractivity contribution >= 4 is 0 Å². The Bertz CT molecular complexity index is 523. The topological polar surface area (TPSA) is 35.2 Å². The molecule has 2 atom stereocenters. The summed E-state index contributed by atoms with van der Waals surface area (Å²) in [6.07, 6.45) is -9.40. The van der Waals surface area contributed by atoms with Crippen molar-refractivity contribution < 1.29 is 31.1 Å². The first kappa shape index (κ1) is 18.6. The van der Waals surface area contributed by atoms with Crippen LogP contribution < -0.4 is 10.5 Å². The molecule has 2 nitrogen and oxygen atoms in total. The van der Waals surface area contributed by atoms with E-state index in [1.807, 2.05) is 0 Å². The number of benzene rings is 1. The molecule has 0 spiro atoms. The Morgan fingerprint density at radius 2 is 1.64 bits per heavy atom. The fourth-order valence-electron chi connectivity index (χ4n) is 2.08. The van der Waals surface area contributed by atoms with Crippen LogP contribution in [0.4, 0.5) is 26.3 Å². The summed E-state index contributed by atoms with van der Waals surface area (Å²) in [5, 5.41) is 0. The number of ether oxygens (including phenoxy) is 1. The number of hydrogen-bond acceptors (Lipinski definition) is 2. The van der Waals surface area contributed by atoms with Crippen molar-refractivity contribution in [1.29, 1.82) is 0 Å². The van der Waals surface area contributed by atoms with E-state index in [1.165, 1.54) is 0 Å². The minimum absolute atomic E-state index is 0.0834. The van der Waals surface area contributed by atoms with E-state index in [9.17, 15) is 26.3 Å². The highest BCUT2D eigenvalue weighted by atomic mass is 19.4. The van der Waals surface area contributed by atoms with E-state index in [0.717, 1.165) is 7.11 Å². The van der Waals surface area contributed by atoms with Gasteiger partial charge in [0.2, 0.25) is 0 Å². The maximum atomic E-state index is 13.2. The SMILES string of the molecule is CCC(C)[C@@H](N)c1c(OC)cc(C(F)(F)F)cc1C(F)(F)F. The highest BCUT2D eigenvalue weighted by molar-refractivity contribution is 5.48. The Morgan fingerprint density at radius 3 is 2.00 bits per heavy atom. The largest absolute Gasteiger partial charge is 0.496 e. The van der Waals surface area contributed by atoms with Gasteiger partial charge in [-0.2, -0.15) is 26.3 Å². The van der Waals surface area contributed by atoms with Gasteiger partial charge in [0.15, 0.2) is 0 Å². The fourth-order valence-corrected chi connectivity index (χ4v) is 2.08. The number of alkyl halides is 6. The number of rotatable bonds is 4. The number of methoxy groups -OCH3 is 1. The second-order valence-corrected chi connectivity index (χ2v) is 5.05. The minimum Gasteiger partial charge on any atom is -0.496 e. The third-order valence-corrected chi connectivity index (χ3v) is 3.59. The summed E-state index contributed by atoms with van der Waals surface area (Å²) in [6.45, 7) is 3.36. The Morgan fingerprint density at radius 1 is 1.09 bits per heavy atom. The van der Waals surface area contributed by atoms with E-state index in [-0.39, 0.29) is 12.0 Å². The molecule has 0 radical (unpaired) electrons. The molecule has 0 heterocycles. The molecule has 1 rings (SSSR count). The van der Waals surface area contributed by atoms with E-state index in [4.69, 9.17) is 10.5 Å². The van der Waals surface area contributed by atoms with Crippen molar-refractivity contribution in [3.8, 4) is 5.75 Å². The second-order valence-electron chi connectivity index (χ2n) is 5.05. The van der Waals surface area contributed by atoms with Gasteiger partial charge in [-0.3, -0.25) is 0 Å². The van der Waals surface area contributed by atoms with Gasteiger partial charge in [-0.25, -0.2) is 0 Å². The molecule has 0 aromatic heterocycles. The van der Waals surface area contributed by atoms with Crippen LogP contribution in [0.5, 0.6) is 5.75 Å². The average molecular weight is 329 g/mol. The van der Waals surface area contributed by atoms with Gasteiger partial charge in [0.1, 0.15) is 5.75 Å². The number of nitrogens with two attached hydrogens (primary N) is 1. The van der Waals surface area contributed by atoms with Crippen LogP contribution in [0.2, 0.25) is 0 Å². The molecule has 2 N–H and O–H groups in total. The van der Waals surface area contributed by atoms with Crippen LogP contribution in [0.25, 0.3) is 0 Å². The Balaban J connectivity index is 3.66. The van der Waals surface area contributed by atoms with Gasteiger partial charge >= 0.3 is 12.4 Å². The van der Waals surface area contributed by atoms with Crippen LogP contribution >= 0.6 is 0 Å². The van der Waals surface area contributed by atoms with Crippen molar-refractivity contribution in [2.24, 2.45) is 11.7 Å². The summed E-state index contributed by atoms with van der Waals surface area (Å²) < 4.78 is 82.6. The first-order valence-electron chi connectivity index (χ1n) is 6.55. The van der Waals surface area contributed by atoms with Gasteiger partial charge < -0.3 is 10.5 Å². The molecule has 8 heteroatoms. The normalized spacial score (nSPS) is 15.5. The van der Waals surface area contributed by atoms with Crippen LogP contribution in [0, 0.1) is 5.92 Å². The standard InChI is InChI=1S/C14H17F6NO/c1-4-7(2)12(21)11-9(14(18,19)20)5-8(13(15,16)17)6-10(11)22-3/h5-7,12H,4,21H2,1-3H3/t7?,12-/m1/s1. The third kappa shape index (κ3) is 3.85. The van der Waals surface area contributed by atoms with Crippen LogP contribution in [0.3, 0.4) is 0 Å². The fraction of sp³-hybridized carbons (Fsp3) is 0.571. The lowest BCUT2D eigenvalue weighted by molar-refractivity contribution is -0.143. The Hall–Kier alpha value is -1.44. The first-order chi connectivity index (χ1) is 9.93. The number of hydrogen-bond donors (Lipinski definition) is 1. The third-order valence-electron chi connectivity index (χ3n) is 3.59. The zero-order valence-electron chi connectivity index (χ0n) is 12.3. The molecule has 126 valence electrons. The van der Waals surface area contributed by atoms with E-state index in [1.54, 1.807) is 13.8 Å². The zero-order valence-corrected chi connectivity index (χ0v) is 12.3. The lowest BCUT2D eigenvalue weighted by atomic mass is 9.88. The Labute approximate surface area is 124 Å². The molecule has 1 aromatic rings. The summed E-state index contributed by atoms with van der Waals surface area (Å²) in [6, 6.07) is -0.453. The van der Waals surface area contributed by atoms with Crippen LogP contribution in [0.15, 0.2) is 12.1 Å². The predicted octanol–water partition coefficient (Wildman–Crippen LogP) is 4.78. The molecule has 1 aromatic carbocycles. The highest BCUT2D eigenvalue weighted by Crippen LogP contribution is 2.44. The quantitative estimate of drug-likeness (QED) is 0.807. The summed E-state index contributed by atoms with van der Waals surface area (Å²) >= 11 is 0. The van der Waals surface area contributed by atoms with Crippen LogP contribution in [0.1, 0.15) is 43.0 Å². The van der Waals surface area contributed by atoms with Crippen LogP contribution in [-0.2, 0) is 12.4 Å². The van der Waals surface area contributed by atoms with Gasteiger partial charge in [0.05, 0.1) is 18.2 Å². The molecule has 0 fully saturated rings. The molecular formula is C14H17F6NO. The molecule has 0 aliphatic heterocycles. The molecule has 0 amide bonds. The molecule has 1 unspecified atom stereocenters. The first-order valence-corrected chi connectivity index (χ1v) is 6.55. The van der Waals surface area contributed by atoms with Gasteiger partial charge in [-0.05, 0) is 18.1 Å². The second kappa shape index (κ2) is 6.36. The summed E-state index contributed by atoms with van der Waals surface area (Å²) in [5.74, 6) is -0.860. The monoisotopic (exact) mass is 329 g/mol. The van der Waals surface area contributed by atoms with E-state index < -0.39 is 40.8 Å². The van der Waals surface area contributed by atoms with E-state index in [0.29, 0.717) is 12.5 Å². The predicted molar refractivity (Wildman–Crippen MR) is 69.4 cm³/mol. The van der Waals surface area contributed by atoms with Crippen LogP contribution in [-0.4, -0.2) is 7.11 Å². The van der Waals surface area contributed by atoms with Crippen molar-refractivity contribution in [2.75, 3.05) is 7.11 Å². The maximum Gasteiger partial charge on any atom is 0.416 e. The average Bonchev–Trinajstić information content (AvgIpc) is 2.42. The molecule has 0 aliphatic carbocycles. The minimum atomic E-state index is -4.96. The van der Waals surface area contributed by atoms with Crippen molar-refractivity contribution in [3.05, 3.63) is 28.8 Å². The van der Waals surface area contributed by atoms with Crippen molar-refractivity contribution in [2.45, 2.75) is 38.7 Å². The molecule has 0 saturated carbocycles. The smallest absolute Gasteiger partial charge is 0.416 e. The van der Waals surface area contributed by atoms with E-state index >= 15 is 0 Å². The molecule has 0 saturated heterocycles. The lowest BCUT2D eigenvalue weighted by Gasteiger charge is -2.26.